The fourth-order valence-electron chi connectivity index (χ4n) is 1.09. The van der Waals surface area contributed by atoms with Gasteiger partial charge in [-0.15, -0.1) is 6.42 Å². The van der Waals surface area contributed by atoms with E-state index in [4.69, 9.17) is 12.2 Å². The Bertz CT molecular complexity index is 391. The lowest BCUT2D eigenvalue weighted by atomic mass is 10.1. The largest absolute Gasteiger partial charge is 0.398 e. The molecule has 72 valence electrons. The molecule has 0 saturated carbocycles. The molecule has 0 fully saturated rings. The highest BCUT2D eigenvalue weighted by molar-refractivity contribution is 5.99. The molecule has 1 amide bonds. The van der Waals surface area contributed by atoms with Crippen LogP contribution in [0.3, 0.4) is 0 Å². The Balaban J connectivity index is 2.90. The maximum atomic E-state index is 11.5. The Hall–Kier alpha value is -1.95. The van der Waals surface area contributed by atoms with Crippen molar-refractivity contribution < 1.29 is 4.79 Å². The van der Waals surface area contributed by atoms with Gasteiger partial charge in [0, 0.05) is 5.69 Å². The number of nitrogens with one attached hydrogen (secondary N) is 1. The molecule has 0 saturated heterocycles. The molecule has 0 aliphatic carbocycles. The molecular weight excluding hydrogens is 176 g/mol. The van der Waals surface area contributed by atoms with Crippen molar-refractivity contribution in [1.29, 1.82) is 0 Å². The van der Waals surface area contributed by atoms with Crippen LogP contribution >= 0.6 is 0 Å². The molecule has 0 heterocycles. The molecule has 14 heavy (non-hydrogen) atoms. The molecule has 0 spiro atoms. The Labute approximate surface area is 83.3 Å². The summed E-state index contributed by atoms with van der Waals surface area (Å²) in [6, 6.07) is 5.30. The number of terminal acetylenes is 1. The third-order valence-electron chi connectivity index (χ3n) is 1.80. The van der Waals surface area contributed by atoms with Gasteiger partial charge in [0.15, 0.2) is 0 Å². The molecule has 3 nitrogen and oxygen atoms in total. The zero-order valence-corrected chi connectivity index (χ0v) is 8.00. The molecule has 3 N–H and O–H groups in total. The van der Waals surface area contributed by atoms with Gasteiger partial charge in [-0.2, -0.15) is 0 Å². The predicted molar refractivity (Wildman–Crippen MR) is 56.8 cm³/mol. The van der Waals surface area contributed by atoms with E-state index in [1.165, 1.54) is 0 Å². The van der Waals surface area contributed by atoms with E-state index in [-0.39, 0.29) is 12.5 Å². The van der Waals surface area contributed by atoms with E-state index < -0.39 is 0 Å². The zero-order chi connectivity index (χ0) is 10.6. The van der Waals surface area contributed by atoms with Crippen molar-refractivity contribution in [3.63, 3.8) is 0 Å². The highest BCUT2D eigenvalue weighted by Crippen LogP contribution is 2.13. The minimum Gasteiger partial charge on any atom is -0.398 e. The minimum absolute atomic E-state index is 0.214. The van der Waals surface area contributed by atoms with Gasteiger partial charge >= 0.3 is 0 Å². The lowest BCUT2D eigenvalue weighted by Gasteiger charge is -2.05. The van der Waals surface area contributed by atoms with Crippen LogP contribution in [0.5, 0.6) is 0 Å². The summed E-state index contributed by atoms with van der Waals surface area (Å²) in [6.45, 7) is 2.11. The van der Waals surface area contributed by atoms with E-state index in [2.05, 4.69) is 11.2 Å². The van der Waals surface area contributed by atoms with Crippen LogP contribution in [0.2, 0.25) is 0 Å². The van der Waals surface area contributed by atoms with Crippen LogP contribution in [-0.2, 0) is 0 Å². The average molecular weight is 188 g/mol. The molecule has 0 aliphatic rings. The molecule has 1 aromatic rings. The van der Waals surface area contributed by atoms with Gasteiger partial charge in [0.25, 0.3) is 5.91 Å². The minimum atomic E-state index is -0.232. The van der Waals surface area contributed by atoms with Crippen LogP contribution in [0.4, 0.5) is 5.69 Å². The highest BCUT2D eigenvalue weighted by atomic mass is 16.1. The van der Waals surface area contributed by atoms with Crippen LogP contribution < -0.4 is 11.1 Å². The Morgan fingerprint density at radius 1 is 1.64 bits per heavy atom. The van der Waals surface area contributed by atoms with Crippen LogP contribution in [0.1, 0.15) is 15.9 Å². The molecule has 0 radical (unpaired) electrons. The number of carbonyl (C=O) groups excluding carboxylic acids is 1. The number of nitrogen functional groups attached to an aromatic ring is 1. The number of hydrogen-bond acceptors (Lipinski definition) is 2. The second-order valence-electron chi connectivity index (χ2n) is 2.98. The molecule has 0 atom stereocenters. The first-order valence-electron chi connectivity index (χ1n) is 4.23. The second-order valence-corrected chi connectivity index (χ2v) is 2.98. The number of hydrogen-bond donors (Lipinski definition) is 2. The fraction of sp³-hybridized carbons (Fsp3) is 0.182. The summed E-state index contributed by atoms with van der Waals surface area (Å²) in [7, 11) is 0. The predicted octanol–water partition coefficient (Wildman–Crippen LogP) is 0.940. The van der Waals surface area contributed by atoms with E-state index in [1.54, 1.807) is 12.1 Å². The Kier molecular flexibility index (Phi) is 3.14. The van der Waals surface area contributed by atoms with Crippen molar-refractivity contribution >= 4 is 11.6 Å². The lowest BCUT2D eigenvalue weighted by Crippen LogP contribution is -2.24. The van der Waals surface area contributed by atoms with Gasteiger partial charge in [-0.3, -0.25) is 4.79 Å². The fourth-order valence-corrected chi connectivity index (χ4v) is 1.09. The first kappa shape index (κ1) is 10.1. The van der Waals surface area contributed by atoms with Crippen molar-refractivity contribution in [2.24, 2.45) is 0 Å². The monoisotopic (exact) mass is 188 g/mol. The lowest BCUT2D eigenvalue weighted by molar-refractivity contribution is 0.0959. The summed E-state index contributed by atoms with van der Waals surface area (Å²) in [6.07, 6.45) is 5.03. The van der Waals surface area contributed by atoms with E-state index in [0.29, 0.717) is 11.3 Å². The SMILES string of the molecule is C#CCNC(=O)c1cc(C)ccc1N. The van der Waals surface area contributed by atoms with Gasteiger partial charge in [-0.05, 0) is 19.1 Å². The van der Waals surface area contributed by atoms with E-state index in [9.17, 15) is 4.79 Å². The van der Waals surface area contributed by atoms with Crippen LogP contribution in [-0.4, -0.2) is 12.5 Å². The van der Waals surface area contributed by atoms with E-state index >= 15 is 0 Å². The van der Waals surface area contributed by atoms with Crippen molar-refractivity contribution in [2.75, 3.05) is 12.3 Å². The maximum absolute atomic E-state index is 11.5. The molecular formula is C11H12N2O. The maximum Gasteiger partial charge on any atom is 0.254 e. The first-order valence-corrected chi connectivity index (χ1v) is 4.23. The number of amides is 1. The van der Waals surface area contributed by atoms with Gasteiger partial charge in [0.1, 0.15) is 0 Å². The molecule has 1 aromatic carbocycles. The normalized spacial score (nSPS) is 9.14. The molecule has 0 aliphatic heterocycles. The topological polar surface area (TPSA) is 55.1 Å². The van der Waals surface area contributed by atoms with Crippen LogP contribution in [0, 0.1) is 19.3 Å². The van der Waals surface area contributed by atoms with Crippen LogP contribution in [0.25, 0.3) is 0 Å². The van der Waals surface area contributed by atoms with Gasteiger partial charge in [-0.1, -0.05) is 17.6 Å². The third-order valence-corrected chi connectivity index (χ3v) is 1.80. The number of rotatable bonds is 2. The molecule has 3 heteroatoms. The highest BCUT2D eigenvalue weighted by Gasteiger charge is 2.07. The van der Waals surface area contributed by atoms with E-state index in [1.807, 2.05) is 13.0 Å². The Morgan fingerprint density at radius 2 is 2.36 bits per heavy atom. The number of anilines is 1. The molecule has 0 bridgehead atoms. The number of nitrogens with two attached hydrogens (primary N) is 1. The summed E-state index contributed by atoms with van der Waals surface area (Å²) >= 11 is 0. The zero-order valence-electron chi connectivity index (χ0n) is 8.00. The third kappa shape index (κ3) is 2.27. The van der Waals surface area contributed by atoms with Gasteiger partial charge in [0.2, 0.25) is 0 Å². The smallest absolute Gasteiger partial charge is 0.254 e. The summed E-state index contributed by atoms with van der Waals surface area (Å²) in [5.41, 5.74) is 7.58. The number of aryl methyl sites for hydroxylation is 1. The molecule has 1 rings (SSSR count). The van der Waals surface area contributed by atoms with E-state index in [0.717, 1.165) is 5.56 Å². The second kappa shape index (κ2) is 4.33. The van der Waals surface area contributed by atoms with Crippen LogP contribution in [0.15, 0.2) is 18.2 Å². The van der Waals surface area contributed by atoms with Crippen molar-refractivity contribution in [3.8, 4) is 12.3 Å². The molecule has 0 unspecified atom stereocenters. The number of benzene rings is 1. The summed E-state index contributed by atoms with van der Waals surface area (Å²) in [5.74, 6) is 2.10. The van der Waals surface area contributed by atoms with Gasteiger partial charge in [0.05, 0.1) is 12.1 Å². The average Bonchev–Trinajstić information content (AvgIpc) is 2.18. The summed E-state index contributed by atoms with van der Waals surface area (Å²) in [4.78, 5) is 11.5. The summed E-state index contributed by atoms with van der Waals surface area (Å²) < 4.78 is 0. The van der Waals surface area contributed by atoms with Crippen molar-refractivity contribution in [3.05, 3.63) is 29.3 Å². The first-order chi connectivity index (χ1) is 6.65. The van der Waals surface area contributed by atoms with Gasteiger partial charge in [-0.25, -0.2) is 0 Å². The number of carbonyl (C=O) groups is 1. The van der Waals surface area contributed by atoms with Gasteiger partial charge < -0.3 is 11.1 Å². The molecule has 0 aromatic heterocycles. The Morgan fingerprint density at radius 3 is 3.00 bits per heavy atom. The standard InChI is InChI=1S/C11H12N2O/c1-3-6-13-11(14)9-7-8(2)4-5-10(9)12/h1,4-5,7H,6,12H2,2H3,(H,13,14). The summed E-state index contributed by atoms with van der Waals surface area (Å²) in [5, 5.41) is 2.56. The quantitative estimate of drug-likeness (QED) is 0.536. The van der Waals surface area contributed by atoms with Crippen molar-refractivity contribution in [2.45, 2.75) is 6.92 Å². The van der Waals surface area contributed by atoms with Crippen molar-refractivity contribution in [1.82, 2.24) is 5.32 Å².